The smallest absolute Gasteiger partial charge is 0.326 e. The third-order valence-electron chi connectivity index (χ3n) is 3.80. The average Bonchev–Trinajstić information content (AvgIpc) is 2.63. The molecule has 0 aliphatic rings. The van der Waals surface area contributed by atoms with E-state index in [0.717, 1.165) is 0 Å². The van der Waals surface area contributed by atoms with Gasteiger partial charge in [0, 0.05) is 6.42 Å². The van der Waals surface area contributed by atoms with Gasteiger partial charge in [0.2, 0.25) is 17.7 Å². The second-order valence-corrected chi connectivity index (χ2v) is 6.17. The molecular weight excluding hydrogens is 374 g/mol. The Labute approximate surface area is 162 Å². The molecule has 12 nitrogen and oxygen atoms in total. The molecule has 0 radical (unpaired) electrons. The lowest BCUT2D eigenvalue weighted by Crippen LogP contribution is -2.55. The fourth-order valence-corrected chi connectivity index (χ4v) is 2.22. The number of aliphatic carboxylic acids is 2. The van der Waals surface area contributed by atoms with E-state index < -0.39 is 54.3 Å². The molecule has 0 bridgehead atoms. The normalized spacial score (nSPS) is 13.7. The van der Waals surface area contributed by atoms with Crippen LogP contribution < -0.4 is 27.4 Å². The van der Waals surface area contributed by atoms with Gasteiger partial charge >= 0.3 is 11.9 Å². The molecule has 0 spiro atoms. The van der Waals surface area contributed by atoms with Gasteiger partial charge in [0.15, 0.2) is 0 Å². The van der Waals surface area contributed by atoms with Crippen molar-refractivity contribution in [2.24, 2.45) is 11.5 Å². The molecule has 0 heterocycles. The summed E-state index contributed by atoms with van der Waals surface area (Å²) in [6, 6.07) is -3.42. The summed E-state index contributed by atoms with van der Waals surface area (Å²) in [6.45, 7) is 1.35. The van der Waals surface area contributed by atoms with Gasteiger partial charge in [-0.1, -0.05) is 0 Å². The first-order chi connectivity index (χ1) is 13.1. The topological polar surface area (TPSA) is 214 Å². The van der Waals surface area contributed by atoms with Crippen LogP contribution in [0.4, 0.5) is 0 Å². The van der Waals surface area contributed by atoms with Crippen molar-refractivity contribution < 1.29 is 34.2 Å². The van der Waals surface area contributed by atoms with Gasteiger partial charge in [-0.25, -0.2) is 4.79 Å². The zero-order valence-electron chi connectivity index (χ0n) is 15.8. The highest BCUT2D eigenvalue weighted by molar-refractivity contribution is 5.93. The fourth-order valence-electron chi connectivity index (χ4n) is 2.22. The zero-order chi connectivity index (χ0) is 21.7. The van der Waals surface area contributed by atoms with Crippen molar-refractivity contribution >= 4 is 29.7 Å². The number of amides is 3. The van der Waals surface area contributed by atoms with Gasteiger partial charge in [0.05, 0.1) is 6.54 Å². The summed E-state index contributed by atoms with van der Waals surface area (Å²) >= 11 is 0. The Hall–Kier alpha value is -2.73. The minimum atomic E-state index is -1.21. The van der Waals surface area contributed by atoms with Crippen LogP contribution in [0.3, 0.4) is 0 Å². The van der Waals surface area contributed by atoms with Gasteiger partial charge in [0.1, 0.15) is 18.1 Å². The molecule has 0 fully saturated rings. The summed E-state index contributed by atoms with van der Waals surface area (Å²) in [5.74, 6) is -4.53. The van der Waals surface area contributed by atoms with Crippen LogP contribution in [0, 0.1) is 0 Å². The van der Waals surface area contributed by atoms with Gasteiger partial charge in [0.25, 0.3) is 0 Å². The summed E-state index contributed by atoms with van der Waals surface area (Å²) in [5.41, 5.74) is 10.5. The predicted octanol–water partition coefficient (Wildman–Crippen LogP) is -2.50. The number of hydrogen-bond acceptors (Lipinski definition) is 7. The van der Waals surface area contributed by atoms with Crippen LogP contribution in [0.2, 0.25) is 0 Å². The van der Waals surface area contributed by atoms with Crippen LogP contribution in [0.25, 0.3) is 0 Å². The Kier molecular flexibility index (Phi) is 12.1. The predicted molar refractivity (Wildman–Crippen MR) is 97.9 cm³/mol. The average molecular weight is 403 g/mol. The Bertz CT molecular complexity index is 570. The van der Waals surface area contributed by atoms with Gasteiger partial charge < -0.3 is 37.6 Å². The molecule has 0 aromatic heterocycles. The minimum Gasteiger partial charge on any atom is -0.481 e. The molecule has 0 saturated carbocycles. The van der Waals surface area contributed by atoms with E-state index in [1.165, 1.54) is 6.92 Å². The second-order valence-electron chi connectivity index (χ2n) is 6.17. The molecule has 28 heavy (non-hydrogen) atoms. The van der Waals surface area contributed by atoms with E-state index in [9.17, 15) is 29.1 Å². The van der Waals surface area contributed by atoms with E-state index >= 15 is 0 Å². The van der Waals surface area contributed by atoms with Crippen molar-refractivity contribution in [3.8, 4) is 0 Å². The lowest BCUT2D eigenvalue weighted by atomic mass is 10.1. The largest absolute Gasteiger partial charge is 0.481 e. The van der Waals surface area contributed by atoms with E-state index in [1.54, 1.807) is 0 Å². The molecule has 0 saturated heterocycles. The van der Waals surface area contributed by atoms with E-state index in [1.807, 2.05) is 0 Å². The summed E-state index contributed by atoms with van der Waals surface area (Å²) in [7, 11) is 0. The lowest BCUT2D eigenvalue weighted by Gasteiger charge is -2.22. The van der Waals surface area contributed by atoms with Gasteiger partial charge in [-0.3, -0.25) is 19.2 Å². The zero-order valence-corrected chi connectivity index (χ0v) is 15.8. The number of nitrogens with one attached hydrogen (secondary N) is 3. The highest BCUT2D eigenvalue weighted by Crippen LogP contribution is 2.03. The summed E-state index contributed by atoms with van der Waals surface area (Å²) in [4.78, 5) is 57.8. The third-order valence-corrected chi connectivity index (χ3v) is 3.80. The number of nitrogens with two attached hydrogens (primary N) is 2. The second kappa shape index (κ2) is 13.4. The fraction of sp³-hybridized carbons (Fsp3) is 0.688. The summed E-state index contributed by atoms with van der Waals surface area (Å²) in [5, 5.41) is 24.9. The molecule has 0 aromatic rings. The van der Waals surface area contributed by atoms with Crippen molar-refractivity contribution in [3.63, 3.8) is 0 Å². The van der Waals surface area contributed by atoms with Crippen molar-refractivity contribution in [2.75, 3.05) is 13.1 Å². The summed E-state index contributed by atoms with van der Waals surface area (Å²) < 4.78 is 0. The van der Waals surface area contributed by atoms with Crippen LogP contribution in [0.5, 0.6) is 0 Å². The number of hydrogen-bond donors (Lipinski definition) is 7. The van der Waals surface area contributed by atoms with Crippen molar-refractivity contribution in [2.45, 2.75) is 57.2 Å². The summed E-state index contributed by atoms with van der Waals surface area (Å²) in [6.07, 6.45) is 0.728. The highest BCUT2D eigenvalue weighted by atomic mass is 16.4. The van der Waals surface area contributed by atoms with E-state index in [2.05, 4.69) is 16.0 Å². The quantitative estimate of drug-likeness (QED) is 0.152. The number of carboxylic acid groups (broad SMARTS) is 2. The third kappa shape index (κ3) is 10.4. The monoisotopic (exact) mass is 403 g/mol. The molecule has 0 rings (SSSR count). The minimum absolute atomic E-state index is 0.187. The molecule has 160 valence electrons. The molecule has 12 heteroatoms. The van der Waals surface area contributed by atoms with Crippen LogP contribution in [-0.2, 0) is 24.0 Å². The maximum atomic E-state index is 12.3. The first kappa shape index (κ1) is 25.3. The van der Waals surface area contributed by atoms with Crippen LogP contribution in [0.1, 0.15) is 39.0 Å². The van der Waals surface area contributed by atoms with Gasteiger partial charge in [-0.15, -0.1) is 0 Å². The van der Waals surface area contributed by atoms with E-state index in [-0.39, 0.29) is 19.3 Å². The van der Waals surface area contributed by atoms with Crippen LogP contribution >= 0.6 is 0 Å². The Morgan fingerprint density at radius 3 is 2.00 bits per heavy atom. The molecule has 0 aliphatic heterocycles. The number of carboxylic acids is 2. The Balaban J connectivity index is 4.85. The maximum Gasteiger partial charge on any atom is 0.326 e. The molecule has 3 atom stereocenters. The SMILES string of the molecule is CC(NC(=O)C(CCC(=O)O)NC(=O)CN)C(=O)NC(CCCCN)C(=O)O. The van der Waals surface area contributed by atoms with Gasteiger partial charge in [-0.05, 0) is 39.2 Å². The van der Waals surface area contributed by atoms with E-state index in [0.29, 0.717) is 19.4 Å². The molecule has 3 unspecified atom stereocenters. The lowest BCUT2D eigenvalue weighted by molar-refractivity contribution is -0.142. The van der Waals surface area contributed by atoms with Crippen LogP contribution in [0.15, 0.2) is 0 Å². The first-order valence-electron chi connectivity index (χ1n) is 8.87. The molecular formula is C16H29N5O7. The number of carbonyl (C=O) groups is 5. The molecule has 3 amide bonds. The number of rotatable bonds is 14. The van der Waals surface area contributed by atoms with Gasteiger partial charge in [-0.2, -0.15) is 0 Å². The van der Waals surface area contributed by atoms with E-state index in [4.69, 9.17) is 16.6 Å². The first-order valence-corrected chi connectivity index (χ1v) is 8.87. The van der Waals surface area contributed by atoms with Crippen molar-refractivity contribution in [3.05, 3.63) is 0 Å². The Morgan fingerprint density at radius 1 is 0.857 bits per heavy atom. The Morgan fingerprint density at radius 2 is 1.50 bits per heavy atom. The molecule has 0 aliphatic carbocycles. The number of carbonyl (C=O) groups excluding carboxylic acids is 3. The molecule has 0 aromatic carbocycles. The van der Waals surface area contributed by atoms with Crippen molar-refractivity contribution in [1.82, 2.24) is 16.0 Å². The molecule has 9 N–H and O–H groups in total. The van der Waals surface area contributed by atoms with Crippen molar-refractivity contribution in [1.29, 1.82) is 0 Å². The maximum absolute atomic E-state index is 12.3. The number of unbranched alkanes of at least 4 members (excludes halogenated alkanes) is 1. The highest BCUT2D eigenvalue weighted by Gasteiger charge is 2.27. The van der Waals surface area contributed by atoms with Crippen LogP contribution in [-0.4, -0.2) is 71.1 Å². The standard InChI is InChI=1S/C16H29N5O7/c1-9(14(25)21-11(16(27)28)4-2-3-7-17)19-15(26)10(5-6-13(23)24)20-12(22)8-18/h9-11H,2-8,17-18H2,1H3,(H,19,26)(H,20,22)(H,21,25)(H,23,24)(H,27,28).